The number of azide groups is 1. The minimum Gasteiger partial charge on any atom is -0.497 e. The van der Waals surface area contributed by atoms with Crippen LogP contribution in [0, 0.1) is 6.92 Å². The lowest BCUT2D eigenvalue weighted by atomic mass is 10.2. The van der Waals surface area contributed by atoms with Crippen LogP contribution in [0.4, 0.5) is 17.2 Å². The van der Waals surface area contributed by atoms with Gasteiger partial charge in [-0.05, 0) is 48.9 Å². The number of hydrogen-bond acceptors (Lipinski definition) is 5. The minimum atomic E-state index is 0.529. The Hall–Kier alpha value is -3.31. The van der Waals surface area contributed by atoms with E-state index in [-0.39, 0.29) is 0 Å². The molecule has 0 unspecified atom stereocenters. The fourth-order valence-corrected chi connectivity index (χ4v) is 2.51. The normalized spacial score (nSPS) is 10.3. The van der Waals surface area contributed by atoms with Gasteiger partial charge in [-0.15, -0.1) is 0 Å². The predicted octanol–water partition coefficient (Wildman–Crippen LogP) is 4.66. The zero-order valence-corrected chi connectivity index (χ0v) is 13.6. The Morgan fingerprint density at radius 1 is 1.12 bits per heavy atom. The quantitative estimate of drug-likeness (QED) is 0.397. The number of methoxy groups -OCH3 is 1. The molecule has 1 heterocycles. The Morgan fingerprint density at radius 3 is 2.54 bits per heavy atom. The van der Waals surface area contributed by atoms with Gasteiger partial charge in [-0.3, -0.25) is 0 Å². The van der Waals surface area contributed by atoms with Gasteiger partial charge in [0.2, 0.25) is 0 Å². The highest BCUT2D eigenvalue weighted by molar-refractivity contribution is 5.93. The Labute approximate surface area is 139 Å². The Morgan fingerprint density at radius 2 is 1.88 bits per heavy atom. The fraction of sp³-hybridized carbons (Fsp3) is 0.176. The van der Waals surface area contributed by atoms with Gasteiger partial charge in [0, 0.05) is 28.7 Å². The lowest BCUT2D eigenvalue weighted by Crippen LogP contribution is -2.12. The molecule has 3 rings (SSSR count). The van der Waals surface area contributed by atoms with Crippen LogP contribution in [0.5, 0.6) is 5.75 Å². The van der Waals surface area contributed by atoms with E-state index in [9.17, 15) is 0 Å². The summed E-state index contributed by atoms with van der Waals surface area (Å²) in [4.78, 5) is 13.8. The molecular formula is C17H16N6O. The maximum Gasteiger partial charge on any atom is 0.144 e. The van der Waals surface area contributed by atoms with E-state index in [0.29, 0.717) is 11.5 Å². The highest BCUT2D eigenvalue weighted by Gasteiger charge is 2.12. The highest BCUT2D eigenvalue weighted by Crippen LogP contribution is 2.32. The van der Waals surface area contributed by atoms with Gasteiger partial charge >= 0.3 is 0 Å². The number of aromatic nitrogens is 2. The van der Waals surface area contributed by atoms with Crippen LogP contribution in [0.15, 0.2) is 47.6 Å². The van der Waals surface area contributed by atoms with Gasteiger partial charge in [-0.1, -0.05) is 11.2 Å². The van der Waals surface area contributed by atoms with Crippen molar-refractivity contribution in [1.29, 1.82) is 0 Å². The summed E-state index contributed by atoms with van der Waals surface area (Å²) in [5.74, 6) is 2.22. The maximum atomic E-state index is 8.65. The first-order valence-electron chi connectivity index (χ1n) is 7.33. The number of hydrogen-bond donors (Lipinski definition) is 0. The molecular weight excluding hydrogens is 304 g/mol. The molecule has 24 heavy (non-hydrogen) atoms. The van der Waals surface area contributed by atoms with Gasteiger partial charge in [-0.2, -0.15) is 0 Å². The van der Waals surface area contributed by atoms with E-state index in [1.807, 2.05) is 49.2 Å². The van der Waals surface area contributed by atoms with Gasteiger partial charge in [0.25, 0.3) is 0 Å². The van der Waals surface area contributed by atoms with Gasteiger partial charge in [-0.25, -0.2) is 9.97 Å². The van der Waals surface area contributed by atoms with Gasteiger partial charge in [0.1, 0.15) is 17.4 Å². The topological polar surface area (TPSA) is 87.0 Å². The van der Waals surface area contributed by atoms with Crippen LogP contribution in [0.2, 0.25) is 0 Å². The molecule has 0 spiro atoms. The number of rotatable bonds is 4. The summed E-state index contributed by atoms with van der Waals surface area (Å²) >= 11 is 0. The van der Waals surface area contributed by atoms with Crippen molar-refractivity contribution in [3.05, 3.63) is 58.7 Å². The van der Waals surface area contributed by atoms with Crippen LogP contribution in [0.3, 0.4) is 0 Å². The summed E-state index contributed by atoms with van der Waals surface area (Å²) in [7, 11) is 3.57. The van der Waals surface area contributed by atoms with E-state index < -0.39 is 0 Å². The number of aryl methyl sites for hydroxylation is 1. The van der Waals surface area contributed by atoms with Crippen molar-refractivity contribution >= 4 is 28.1 Å². The molecule has 0 atom stereocenters. The molecule has 120 valence electrons. The van der Waals surface area contributed by atoms with Gasteiger partial charge in [0.15, 0.2) is 0 Å². The van der Waals surface area contributed by atoms with Crippen molar-refractivity contribution in [3.8, 4) is 5.75 Å². The summed E-state index contributed by atoms with van der Waals surface area (Å²) in [5, 5.41) is 4.49. The van der Waals surface area contributed by atoms with Crippen molar-refractivity contribution in [3.63, 3.8) is 0 Å². The molecule has 0 radical (unpaired) electrons. The molecule has 0 saturated carbocycles. The van der Waals surface area contributed by atoms with E-state index in [2.05, 4.69) is 20.0 Å². The van der Waals surface area contributed by atoms with Crippen LogP contribution < -0.4 is 9.64 Å². The van der Waals surface area contributed by atoms with Crippen molar-refractivity contribution in [1.82, 2.24) is 9.97 Å². The maximum absolute atomic E-state index is 8.65. The number of benzene rings is 2. The van der Waals surface area contributed by atoms with E-state index in [1.165, 1.54) is 0 Å². The first kappa shape index (κ1) is 15.6. The average Bonchev–Trinajstić information content (AvgIpc) is 2.61. The molecule has 2 aromatic carbocycles. The first-order valence-corrected chi connectivity index (χ1v) is 7.33. The van der Waals surface area contributed by atoms with Crippen molar-refractivity contribution < 1.29 is 4.74 Å². The summed E-state index contributed by atoms with van der Waals surface area (Å²) in [6.07, 6.45) is 0. The van der Waals surface area contributed by atoms with Crippen LogP contribution >= 0.6 is 0 Å². The van der Waals surface area contributed by atoms with Crippen LogP contribution in [-0.4, -0.2) is 24.1 Å². The van der Waals surface area contributed by atoms with E-state index in [1.54, 1.807) is 19.2 Å². The Bertz CT molecular complexity index is 932. The summed E-state index contributed by atoms with van der Waals surface area (Å²) in [5.41, 5.74) is 10.9. The number of ether oxygens (including phenoxy) is 1. The lowest BCUT2D eigenvalue weighted by Gasteiger charge is -2.21. The third kappa shape index (κ3) is 2.93. The molecule has 0 saturated heterocycles. The molecule has 0 aliphatic carbocycles. The average molecular weight is 320 g/mol. The molecule has 0 bridgehead atoms. The fourth-order valence-electron chi connectivity index (χ4n) is 2.51. The standard InChI is InChI=1S/C17H16N6O/c1-11-19-16-9-4-12(21-22-18)10-15(16)17(20-11)23(2)13-5-7-14(24-3)8-6-13/h4-10H,1-3H3. The van der Waals surface area contributed by atoms with Gasteiger partial charge in [0.05, 0.1) is 12.6 Å². The third-order valence-corrected chi connectivity index (χ3v) is 3.71. The molecule has 0 fully saturated rings. The molecule has 0 amide bonds. The Balaban J connectivity index is 2.14. The zero-order chi connectivity index (χ0) is 17.1. The summed E-state index contributed by atoms with van der Waals surface area (Å²) in [6, 6.07) is 13.1. The van der Waals surface area contributed by atoms with E-state index >= 15 is 0 Å². The molecule has 3 aromatic rings. The summed E-state index contributed by atoms with van der Waals surface area (Å²) in [6.45, 7) is 1.85. The van der Waals surface area contributed by atoms with Crippen LogP contribution in [-0.2, 0) is 0 Å². The first-order chi connectivity index (χ1) is 11.6. The molecule has 0 N–H and O–H groups in total. The highest BCUT2D eigenvalue weighted by atomic mass is 16.5. The minimum absolute atomic E-state index is 0.529. The van der Waals surface area contributed by atoms with E-state index in [0.717, 1.165) is 28.2 Å². The largest absolute Gasteiger partial charge is 0.497 e. The second-order valence-electron chi connectivity index (χ2n) is 5.24. The second kappa shape index (κ2) is 6.44. The third-order valence-electron chi connectivity index (χ3n) is 3.71. The molecule has 7 heteroatoms. The number of anilines is 2. The lowest BCUT2D eigenvalue weighted by molar-refractivity contribution is 0.415. The van der Waals surface area contributed by atoms with Crippen molar-refractivity contribution in [2.24, 2.45) is 5.11 Å². The summed E-state index contributed by atoms with van der Waals surface area (Å²) < 4.78 is 5.20. The molecule has 1 aromatic heterocycles. The number of fused-ring (bicyclic) bond motifs is 1. The smallest absolute Gasteiger partial charge is 0.144 e. The van der Waals surface area contributed by atoms with Crippen molar-refractivity contribution in [2.45, 2.75) is 6.92 Å². The Kier molecular flexibility index (Phi) is 4.18. The van der Waals surface area contributed by atoms with E-state index in [4.69, 9.17) is 10.3 Å². The second-order valence-corrected chi connectivity index (χ2v) is 5.24. The van der Waals surface area contributed by atoms with Crippen LogP contribution in [0.1, 0.15) is 5.82 Å². The number of nitrogens with zero attached hydrogens (tertiary/aromatic N) is 6. The van der Waals surface area contributed by atoms with Gasteiger partial charge < -0.3 is 9.64 Å². The predicted molar refractivity (Wildman–Crippen MR) is 94.1 cm³/mol. The monoisotopic (exact) mass is 320 g/mol. The molecule has 7 nitrogen and oxygen atoms in total. The van der Waals surface area contributed by atoms with Crippen molar-refractivity contribution in [2.75, 3.05) is 19.1 Å². The SMILES string of the molecule is COc1ccc(N(C)c2nc(C)nc3ccc(N=[N+]=[N-])cc23)cc1. The molecule has 0 aliphatic rings. The zero-order valence-electron chi connectivity index (χ0n) is 13.6. The molecule has 0 aliphatic heterocycles. The van der Waals surface area contributed by atoms with Crippen LogP contribution in [0.25, 0.3) is 21.3 Å².